The Morgan fingerprint density at radius 1 is 1.25 bits per heavy atom. The van der Waals surface area contributed by atoms with Gasteiger partial charge in [0.1, 0.15) is 0 Å². The van der Waals surface area contributed by atoms with E-state index in [1.54, 1.807) is 4.63 Å². The minimum Gasteiger partial charge on any atom is -0.399 e. The number of aromatic nitrogens is 4. The van der Waals surface area contributed by atoms with Crippen LogP contribution in [0.4, 0.5) is 5.69 Å². The van der Waals surface area contributed by atoms with Crippen molar-refractivity contribution in [3.05, 3.63) is 36.0 Å². The van der Waals surface area contributed by atoms with Crippen molar-refractivity contribution in [1.82, 2.24) is 19.8 Å². The van der Waals surface area contributed by atoms with Crippen LogP contribution >= 0.6 is 0 Å². The maximum atomic E-state index is 5.63. The van der Waals surface area contributed by atoms with Gasteiger partial charge in [-0.2, -0.15) is 4.63 Å². The van der Waals surface area contributed by atoms with Crippen molar-refractivity contribution in [3.8, 4) is 11.4 Å². The van der Waals surface area contributed by atoms with Gasteiger partial charge >= 0.3 is 0 Å². The average molecular weight is 213 g/mol. The summed E-state index contributed by atoms with van der Waals surface area (Å²) in [4.78, 5) is 4.41. The highest BCUT2D eigenvalue weighted by atomic mass is 15.5. The van der Waals surface area contributed by atoms with Crippen molar-refractivity contribution >= 4 is 11.3 Å². The van der Waals surface area contributed by atoms with Gasteiger partial charge in [0.2, 0.25) is 0 Å². The number of anilines is 1. The molecular formula is C11H11N5. The summed E-state index contributed by atoms with van der Waals surface area (Å²) in [6, 6.07) is 9.47. The van der Waals surface area contributed by atoms with Crippen LogP contribution in [-0.4, -0.2) is 19.8 Å². The number of aryl methyl sites for hydroxylation is 1. The third-order valence-corrected chi connectivity index (χ3v) is 2.43. The van der Waals surface area contributed by atoms with Gasteiger partial charge in [0.25, 0.3) is 0 Å². The lowest BCUT2D eigenvalue weighted by Crippen LogP contribution is -1.89. The summed E-state index contributed by atoms with van der Waals surface area (Å²) < 4.78 is 1.67. The van der Waals surface area contributed by atoms with Crippen LogP contribution in [0.2, 0.25) is 0 Å². The molecule has 0 aliphatic rings. The molecule has 1 aromatic carbocycles. The van der Waals surface area contributed by atoms with Crippen LogP contribution in [0, 0.1) is 6.92 Å². The molecule has 5 heteroatoms. The molecule has 0 saturated carbocycles. The van der Waals surface area contributed by atoms with E-state index in [4.69, 9.17) is 5.73 Å². The predicted octanol–water partition coefficient (Wildman–Crippen LogP) is 1.62. The summed E-state index contributed by atoms with van der Waals surface area (Å²) in [5, 5.41) is 7.42. The van der Waals surface area contributed by atoms with Gasteiger partial charge in [-0.05, 0) is 31.2 Å². The molecule has 0 spiro atoms. The zero-order chi connectivity index (χ0) is 11.1. The molecule has 16 heavy (non-hydrogen) atoms. The van der Waals surface area contributed by atoms with Crippen molar-refractivity contribution in [2.24, 2.45) is 0 Å². The fourth-order valence-corrected chi connectivity index (χ4v) is 1.65. The van der Waals surface area contributed by atoms with Crippen LogP contribution in [0.5, 0.6) is 0 Å². The summed E-state index contributed by atoms with van der Waals surface area (Å²) in [6.45, 7) is 1.97. The first-order chi connectivity index (χ1) is 7.72. The Morgan fingerprint density at radius 3 is 2.69 bits per heavy atom. The van der Waals surface area contributed by atoms with E-state index in [0.29, 0.717) is 5.82 Å². The number of nitrogens with two attached hydrogens (primary N) is 1. The van der Waals surface area contributed by atoms with Gasteiger partial charge in [-0.25, -0.2) is 4.98 Å². The number of hydrogen-bond donors (Lipinski definition) is 2. The van der Waals surface area contributed by atoms with Gasteiger partial charge < -0.3 is 5.73 Å². The van der Waals surface area contributed by atoms with E-state index >= 15 is 0 Å². The molecule has 0 saturated heterocycles. The molecule has 0 bridgehead atoms. The third kappa shape index (κ3) is 1.33. The Labute approximate surface area is 91.9 Å². The molecule has 2 aromatic heterocycles. The topological polar surface area (TPSA) is 72.0 Å². The predicted molar refractivity (Wildman–Crippen MR) is 61.9 cm³/mol. The number of rotatable bonds is 1. The fraction of sp³-hybridized carbons (Fsp3) is 0.0909. The number of hydrogen-bond acceptors (Lipinski definition) is 3. The Hall–Kier alpha value is -2.30. The van der Waals surface area contributed by atoms with Crippen molar-refractivity contribution < 1.29 is 0 Å². The molecule has 0 radical (unpaired) electrons. The molecule has 0 unspecified atom stereocenters. The first-order valence-electron chi connectivity index (χ1n) is 5.01. The number of H-pyrrole nitrogens is 1. The van der Waals surface area contributed by atoms with E-state index in [1.165, 1.54) is 0 Å². The molecule has 3 aromatic rings. The maximum Gasteiger partial charge on any atom is 0.183 e. The Bertz CT molecular complexity index is 600. The molecule has 3 N–H and O–H groups in total. The summed E-state index contributed by atoms with van der Waals surface area (Å²) >= 11 is 0. The second kappa shape index (κ2) is 3.10. The molecule has 0 aliphatic carbocycles. The van der Waals surface area contributed by atoms with Gasteiger partial charge in [0.05, 0.1) is 0 Å². The molecule has 80 valence electrons. The van der Waals surface area contributed by atoms with Gasteiger partial charge in [0, 0.05) is 23.0 Å². The van der Waals surface area contributed by atoms with Crippen LogP contribution in [0.1, 0.15) is 5.69 Å². The molecule has 0 aliphatic heterocycles. The van der Waals surface area contributed by atoms with Crippen LogP contribution in [0.15, 0.2) is 30.3 Å². The Morgan fingerprint density at radius 2 is 2.00 bits per heavy atom. The fourth-order valence-electron chi connectivity index (χ4n) is 1.65. The van der Waals surface area contributed by atoms with Gasteiger partial charge in [-0.15, -0.1) is 5.10 Å². The van der Waals surface area contributed by atoms with E-state index in [0.717, 1.165) is 22.6 Å². The molecule has 5 nitrogen and oxygen atoms in total. The lowest BCUT2D eigenvalue weighted by atomic mass is 10.2. The Balaban J connectivity index is 2.11. The van der Waals surface area contributed by atoms with E-state index in [-0.39, 0.29) is 0 Å². The van der Waals surface area contributed by atoms with Crippen molar-refractivity contribution in [2.45, 2.75) is 6.92 Å². The van der Waals surface area contributed by atoms with Gasteiger partial charge in [-0.3, -0.25) is 5.10 Å². The summed E-state index contributed by atoms with van der Waals surface area (Å²) in [6.07, 6.45) is 0. The second-order valence-electron chi connectivity index (χ2n) is 3.77. The van der Waals surface area contributed by atoms with E-state index in [9.17, 15) is 0 Å². The molecule has 0 atom stereocenters. The first-order valence-corrected chi connectivity index (χ1v) is 5.01. The van der Waals surface area contributed by atoms with Crippen LogP contribution < -0.4 is 5.73 Å². The molecule has 2 heterocycles. The first kappa shape index (κ1) is 8.96. The lowest BCUT2D eigenvalue weighted by Gasteiger charge is -1.95. The number of benzene rings is 1. The normalized spacial score (nSPS) is 11.1. The summed E-state index contributed by atoms with van der Waals surface area (Å²) in [5.41, 5.74) is 9.19. The quantitative estimate of drug-likeness (QED) is 0.603. The minimum absolute atomic E-state index is 0.700. The van der Waals surface area contributed by atoms with Crippen molar-refractivity contribution in [2.75, 3.05) is 5.73 Å². The number of fused-ring (bicyclic) bond motifs is 1. The molecule has 0 amide bonds. The molecular weight excluding hydrogens is 202 g/mol. The SMILES string of the molecule is Cc1cc2nc(-c3ccc(N)cc3)nn2[nH]1. The van der Waals surface area contributed by atoms with Crippen molar-refractivity contribution in [1.29, 1.82) is 0 Å². The lowest BCUT2D eigenvalue weighted by molar-refractivity contribution is 0.810. The van der Waals surface area contributed by atoms with Gasteiger partial charge in [0.15, 0.2) is 11.5 Å². The standard InChI is InChI=1S/C11H11N5/c1-7-6-10-13-11(15-16(10)14-7)8-2-4-9(12)5-3-8/h2-6,14H,12H2,1H3. The van der Waals surface area contributed by atoms with E-state index in [1.807, 2.05) is 37.3 Å². The number of aromatic amines is 1. The minimum atomic E-state index is 0.700. The van der Waals surface area contributed by atoms with E-state index in [2.05, 4.69) is 15.2 Å². The van der Waals surface area contributed by atoms with Gasteiger partial charge in [-0.1, -0.05) is 0 Å². The second-order valence-corrected chi connectivity index (χ2v) is 3.77. The summed E-state index contributed by atoms with van der Waals surface area (Å²) in [5.74, 6) is 0.700. The smallest absolute Gasteiger partial charge is 0.183 e. The largest absolute Gasteiger partial charge is 0.399 e. The zero-order valence-corrected chi connectivity index (χ0v) is 8.81. The third-order valence-electron chi connectivity index (χ3n) is 2.43. The highest BCUT2D eigenvalue weighted by molar-refractivity contribution is 5.60. The summed E-state index contributed by atoms with van der Waals surface area (Å²) in [7, 11) is 0. The average Bonchev–Trinajstić information content (AvgIpc) is 2.75. The Kier molecular flexibility index (Phi) is 1.73. The highest BCUT2D eigenvalue weighted by Gasteiger charge is 2.07. The maximum absolute atomic E-state index is 5.63. The van der Waals surface area contributed by atoms with Crippen LogP contribution in [0.3, 0.4) is 0 Å². The number of nitrogen functional groups attached to an aromatic ring is 1. The monoisotopic (exact) mass is 213 g/mol. The number of nitrogens with zero attached hydrogens (tertiary/aromatic N) is 3. The van der Waals surface area contributed by atoms with Crippen LogP contribution in [0.25, 0.3) is 17.0 Å². The highest BCUT2D eigenvalue weighted by Crippen LogP contribution is 2.17. The van der Waals surface area contributed by atoms with Crippen LogP contribution in [-0.2, 0) is 0 Å². The zero-order valence-electron chi connectivity index (χ0n) is 8.81. The molecule has 3 rings (SSSR count). The van der Waals surface area contributed by atoms with Crippen molar-refractivity contribution in [3.63, 3.8) is 0 Å². The number of nitrogens with one attached hydrogen (secondary N) is 1. The molecule has 0 fully saturated rings. The van der Waals surface area contributed by atoms with E-state index < -0.39 is 0 Å².